The first-order valence-electron chi connectivity index (χ1n) is 5.35. The topological polar surface area (TPSA) is 9.23 Å². The molecule has 0 radical (unpaired) electrons. The van der Waals surface area contributed by atoms with Crippen LogP contribution < -0.4 is 0 Å². The van der Waals surface area contributed by atoms with Gasteiger partial charge in [0.2, 0.25) is 0 Å². The van der Waals surface area contributed by atoms with Gasteiger partial charge in [-0.15, -0.1) is 0 Å². The van der Waals surface area contributed by atoms with Crippen LogP contribution >= 0.6 is 0 Å². The van der Waals surface area contributed by atoms with Gasteiger partial charge in [0, 0.05) is 6.61 Å². The van der Waals surface area contributed by atoms with Crippen molar-refractivity contribution in [1.82, 2.24) is 0 Å². The molecule has 0 heterocycles. The smallest absolute Gasteiger partial charge is 0.183 e. The Balaban J connectivity index is 3.20. The van der Waals surface area contributed by atoms with E-state index in [0.29, 0.717) is 0 Å². The standard InChI is InChI=1S/C11H24OSi/c1-5-6-7-8-9-10-11-12-13(2,3)4/h8-9H,5-7,10-11H2,1-4H3. The van der Waals surface area contributed by atoms with E-state index in [9.17, 15) is 0 Å². The third-order valence-electron chi connectivity index (χ3n) is 1.71. The fourth-order valence-corrected chi connectivity index (χ4v) is 1.72. The second-order valence-corrected chi connectivity index (χ2v) is 8.88. The molecule has 0 spiro atoms. The molecule has 0 aromatic carbocycles. The summed E-state index contributed by atoms with van der Waals surface area (Å²) in [5.41, 5.74) is 0. The van der Waals surface area contributed by atoms with Crippen LogP contribution in [0.1, 0.15) is 32.6 Å². The highest BCUT2D eigenvalue weighted by atomic mass is 28.4. The molecule has 0 amide bonds. The van der Waals surface area contributed by atoms with Crippen molar-refractivity contribution in [3.05, 3.63) is 12.2 Å². The van der Waals surface area contributed by atoms with Crippen molar-refractivity contribution in [2.75, 3.05) is 6.61 Å². The molecule has 0 aliphatic carbocycles. The van der Waals surface area contributed by atoms with Gasteiger partial charge >= 0.3 is 0 Å². The molecular weight excluding hydrogens is 176 g/mol. The molecule has 0 saturated heterocycles. The Morgan fingerprint density at radius 1 is 1.08 bits per heavy atom. The zero-order chi connectivity index (χ0) is 10.2. The van der Waals surface area contributed by atoms with Crippen LogP contribution in [0.3, 0.4) is 0 Å². The normalized spacial score (nSPS) is 12.6. The average Bonchev–Trinajstić information content (AvgIpc) is 2.01. The van der Waals surface area contributed by atoms with Crippen molar-refractivity contribution < 1.29 is 4.43 Å². The molecule has 0 aromatic heterocycles. The molecule has 78 valence electrons. The van der Waals surface area contributed by atoms with E-state index in [-0.39, 0.29) is 0 Å². The van der Waals surface area contributed by atoms with Gasteiger partial charge in [-0.1, -0.05) is 31.9 Å². The first-order chi connectivity index (χ1) is 6.06. The molecule has 0 aliphatic rings. The van der Waals surface area contributed by atoms with Crippen LogP contribution in [-0.2, 0) is 4.43 Å². The lowest BCUT2D eigenvalue weighted by Crippen LogP contribution is -2.25. The quantitative estimate of drug-likeness (QED) is 0.343. The molecule has 0 fully saturated rings. The van der Waals surface area contributed by atoms with Crippen molar-refractivity contribution in [2.24, 2.45) is 0 Å². The zero-order valence-electron chi connectivity index (χ0n) is 9.60. The fourth-order valence-electron chi connectivity index (χ4n) is 0.991. The van der Waals surface area contributed by atoms with Crippen LogP contribution in [-0.4, -0.2) is 14.9 Å². The van der Waals surface area contributed by atoms with Gasteiger partial charge in [0.1, 0.15) is 0 Å². The predicted octanol–water partition coefficient (Wildman–Crippen LogP) is 3.97. The maximum atomic E-state index is 5.72. The molecule has 0 rings (SSSR count). The highest BCUT2D eigenvalue weighted by Crippen LogP contribution is 2.03. The van der Waals surface area contributed by atoms with Gasteiger partial charge < -0.3 is 4.43 Å². The third-order valence-corrected chi connectivity index (χ3v) is 2.78. The SMILES string of the molecule is CCCCC=CCCO[Si](C)(C)C. The van der Waals surface area contributed by atoms with Crippen LogP contribution in [0.15, 0.2) is 12.2 Å². The summed E-state index contributed by atoms with van der Waals surface area (Å²) in [4.78, 5) is 0. The summed E-state index contributed by atoms with van der Waals surface area (Å²) < 4.78 is 5.72. The Bertz CT molecular complexity index is 136. The summed E-state index contributed by atoms with van der Waals surface area (Å²) >= 11 is 0. The van der Waals surface area contributed by atoms with Gasteiger partial charge in [-0.3, -0.25) is 0 Å². The number of hydrogen-bond acceptors (Lipinski definition) is 1. The molecule has 0 saturated carbocycles. The number of unbranched alkanes of at least 4 members (excludes halogenated alkanes) is 2. The Hall–Kier alpha value is -0.0831. The van der Waals surface area contributed by atoms with Crippen molar-refractivity contribution in [2.45, 2.75) is 52.2 Å². The van der Waals surface area contributed by atoms with Crippen LogP contribution in [0.25, 0.3) is 0 Å². The maximum Gasteiger partial charge on any atom is 0.183 e. The van der Waals surface area contributed by atoms with Crippen molar-refractivity contribution in [3.8, 4) is 0 Å². The highest BCUT2D eigenvalue weighted by molar-refractivity contribution is 6.69. The molecule has 1 nitrogen and oxygen atoms in total. The van der Waals surface area contributed by atoms with Crippen molar-refractivity contribution in [3.63, 3.8) is 0 Å². The number of hydrogen-bond donors (Lipinski definition) is 0. The molecule has 0 unspecified atom stereocenters. The largest absolute Gasteiger partial charge is 0.417 e. The second kappa shape index (κ2) is 7.33. The van der Waals surface area contributed by atoms with Crippen molar-refractivity contribution >= 4 is 8.32 Å². The summed E-state index contributed by atoms with van der Waals surface area (Å²) in [6, 6.07) is 0. The van der Waals surface area contributed by atoms with Gasteiger partial charge in [0.15, 0.2) is 8.32 Å². The van der Waals surface area contributed by atoms with E-state index >= 15 is 0 Å². The fraction of sp³-hybridized carbons (Fsp3) is 0.818. The lowest BCUT2D eigenvalue weighted by molar-refractivity contribution is 0.319. The van der Waals surface area contributed by atoms with E-state index in [0.717, 1.165) is 13.0 Å². The molecule has 0 aromatic rings. The van der Waals surface area contributed by atoms with Crippen LogP contribution in [0.2, 0.25) is 19.6 Å². The summed E-state index contributed by atoms with van der Waals surface area (Å²) in [6.07, 6.45) is 9.42. The summed E-state index contributed by atoms with van der Waals surface area (Å²) in [6.45, 7) is 9.82. The predicted molar refractivity (Wildman–Crippen MR) is 62.6 cm³/mol. The average molecular weight is 200 g/mol. The van der Waals surface area contributed by atoms with E-state index < -0.39 is 8.32 Å². The van der Waals surface area contributed by atoms with Gasteiger partial charge in [-0.2, -0.15) is 0 Å². The van der Waals surface area contributed by atoms with Crippen LogP contribution in [0.4, 0.5) is 0 Å². The molecule has 0 N–H and O–H groups in total. The lowest BCUT2D eigenvalue weighted by atomic mass is 10.2. The van der Waals surface area contributed by atoms with E-state index in [2.05, 4.69) is 38.7 Å². The van der Waals surface area contributed by atoms with Gasteiger partial charge in [-0.05, 0) is 32.5 Å². The van der Waals surface area contributed by atoms with Gasteiger partial charge in [0.25, 0.3) is 0 Å². The minimum atomic E-state index is -1.27. The lowest BCUT2D eigenvalue weighted by Gasteiger charge is -2.15. The first-order valence-corrected chi connectivity index (χ1v) is 8.76. The Kier molecular flexibility index (Phi) is 7.29. The van der Waals surface area contributed by atoms with E-state index in [4.69, 9.17) is 4.43 Å². The molecule has 0 aliphatic heterocycles. The Labute approximate surface area is 84.3 Å². The number of allylic oxidation sites excluding steroid dienone is 1. The Morgan fingerprint density at radius 3 is 2.23 bits per heavy atom. The highest BCUT2D eigenvalue weighted by Gasteiger charge is 2.12. The minimum absolute atomic E-state index is 0.901. The third kappa shape index (κ3) is 11.9. The number of rotatable bonds is 7. The minimum Gasteiger partial charge on any atom is -0.417 e. The molecule has 13 heavy (non-hydrogen) atoms. The van der Waals surface area contributed by atoms with Crippen molar-refractivity contribution in [1.29, 1.82) is 0 Å². The summed E-state index contributed by atoms with van der Waals surface area (Å²) in [5.74, 6) is 0. The molecule has 0 atom stereocenters. The molecule has 0 bridgehead atoms. The second-order valence-electron chi connectivity index (χ2n) is 4.36. The van der Waals surface area contributed by atoms with Gasteiger partial charge in [0.05, 0.1) is 0 Å². The van der Waals surface area contributed by atoms with E-state index in [1.165, 1.54) is 19.3 Å². The summed E-state index contributed by atoms with van der Waals surface area (Å²) in [5, 5.41) is 0. The molecular formula is C11H24OSi. The Morgan fingerprint density at radius 2 is 1.69 bits per heavy atom. The maximum absolute atomic E-state index is 5.72. The summed E-state index contributed by atoms with van der Waals surface area (Å²) in [7, 11) is -1.27. The first kappa shape index (κ1) is 12.9. The van der Waals surface area contributed by atoms with Crippen LogP contribution in [0, 0.1) is 0 Å². The molecule has 2 heteroatoms. The zero-order valence-corrected chi connectivity index (χ0v) is 10.6. The van der Waals surface area contributed by atoms with E-state index in [1.807, 2.05) is 0 Å². The monoisotopic (exact) mass is 200 g/mol. The van der Waals surface area contributed by atoms with E-state index in [1.54, 1.807) is 0 Å². The van der Waals surface area contributed by atoms with Crippen LogP contribution in [0.5, 0.6) is 0 Å². The van der Waals surface area contributed by atoms with Gasteiger partial charge in [-0.25, -0.2) is 0 Å².